The van der Waals surface area contributed by atoms with Crippen molar-refractivity contribution in [3.8, 4) is 6.07 Å². The van der Waals surface area contributed by atoms with Crippen molar-refractivity contribution in [2.75, 3.05) is 6.54 Å². The van der Waals surface area contributed by atoms with Crippen LogP contribution in [-0.4, -0.2) is 17.4 Å². The van der Waals surface area contributed by atoms with Gasteiger partial charge < -0.3 is 5.32 Å². The van der Waals surface area contributed by atoms with Crippen LogP contribution < -0.4 is 5.32 Å². The Hall–Kier alpha value is -1.89. The second-order valence-corrected chi connectivity index (χ2v) is 3.53. The first-order valence-electron chi connectivity index (χ1n) is 5.34. The molecule has 0 aliphatic rings. The molecular formula is C12H15N3O. The molecule has 4 nitrogen and oxygen atoms in total. The van der Waals surface area contributed by atoms with E-state index in [2.05, 4.69) is 10.3 Å². The summed E-state index contributed by atoms with van der Waals surface area (Å²) < 4.78 is 0. The molecule has 0 fully saturated rings. The highest BCUT2D eigenvalue weighted by molar-refractivity contribution is 5.81. The van der Waals surface area contributed by atoms with Crippen LogP contribution in [0.5, 0.6) is 0 Å². The first-order chi connectivity index (χ1) is 7.77. The minimum Gasteiger partial charge on any atom is -0.355 e. The Bertz CT molecular complexity index is 370. The third kappa shape index (κ3) is 3.70. The molecule has 0 saturated heterocycles. The van der Waals surface area contributed by atoms with Crippen LogP contribution in [-0.2, 0) is 11.2 Å². The molecule has 4 heteroatoms. The zero-order valence-corrected chi connectivity index (χ0v) is 9.31. The number of hydrogen-bond donors (Lipinski definition) is 1. The maximum Gasteiger partial charge on any atom is 0.237 e. The Morgan fingerprint density at radius 2 is 2.25 bits per heavy atom. The number of nitriles is 1. The number of amides is 1. The maximum absolute atomic E-state index is 11.6. The van der Waals surface area contributed by atoms with Gasteiger partial charge in [-0.1, -0.05) is 6.92 Å². The molecular weight excluding hydrogens is 202 g/mol. The molecule has 0 radical (unpaired) electrons. The van der Waals surface area contributed by atoms with Crippen molar-refractivity contribution < 1.29 is 4.79 Å². The van der Waals surface area contributed by atoms with Gasteiger partial charge in [0.2, 0.25) is 5.91 Å². The molecule has 84 valence electrons. The van der Waals surface area contributed by atoms with Crippen LogP contribution in [0.2, 0.25) is 0 Å². The van der Waals surface area contributed by atoms with Crippen LogP contribution in [0.15, 0.2) is 24.5 Å². The number of nitrogens with one attached hydrogen (secondary N) is 1. The predicted molar refractivity (Wildman–Crippen MR) is 60.3 cm³/mol. The van der Waals surface area contributed by atoms with E-state index in [0.717, 1.165) is 12.0 Å². The predicted octanol–water partition coefficient (Wildman–Crippen LogP) is 1.29. The number of carbonyl (C=O) groups is 1. The molecule has 1 amide bonds. The Labute approximate surface area is 95.3 Å². The van der Waals surface area contributed by atoms with E-state index in [-0.39, 0.29) is 5.91 Å². The molecule has 1 atom stereocenters. The van der Waals surface area contributed by atoms with Gasteiger partial charge in [-0.05, 0) is 30.5 Å². The lowest BCUT2D eigenvalue weighted by Gasteiger charge is -2.09. The lowest BCUT2D eigenvalue weighted by atomic mass is 10.0. The lowest BCUT2D eigenvalue weighted by Crippen LogP contribution is -2.31. The summed E-state index contributed by atoms with van der Waals surface area (Å²) in [6, 6.07) is 5.66. The second kappa shape index (κ2) is 6.57. The summed E-state index contributed by atoms with van der Waals surface area (Å²) in [5.41, 5.74) is 0.952. The Morgan fingerprint density at radius 1 is 1.56 bits per heavy atom. The largest absolute Gasteiger partial charge is 0.355 e. The first-order valence-corrected chi connectivity index (χ1v) is 5.34. The zero-order valence-electron chi connectivity index (χ0n) is 9.31. The summed E-state index contributed by atoms with van der Waals surface area (Å²) in [7, 11) is 0. The minimum absolute atomic E-state index is 0.193. The molecule has 0 saturated carbocycles. The van der Waals surface area contributed by atoms with E-state index in [1.54, 1.807) is 12.4 Å². The van der Waals surface area contributed by atoms with Gasteiger partial charge in [0.15, 0.2) is 0 Å². The summed E-state index contributed by atoms with van der Waals surface area (Å²) in [5.74, 6) is -0.810. The highest BCUT2D eigenvalue weighted by Gasteiger charge is 2.17. The smallest absolute Gasteiger partial charge is 0.237 e. The van der Waals surface area contributed by atoms with Gasteiger partial charge in [0.1, 0.15) is 5.92 Å². The number of hydrogen-bond acceptors (Lipinski definition) is 3. The normalized spacial score (nSPS) is 11.5. The summed E-state index contributed by atoms with van der Waals surface area (Å²) in [6.45, 7) is 2.60. The van der Waals surface area contributed by atoms with Crippen LogP contribution >= 0.6 is 0 Å². The van der Waals surface area contributed by atoms with Crippen molar-refractivity contribution >= 4 is 5.91 Å². The van der Waals surface area contributed by atoms with E-state index >= 15 is 0 Å². The van der Waals surface area contributed by atoms with Crippen molar-refractivity contribution in [2.45, 2.75) is 19.8 Å². The van der Waals surface area contributed by atoms with Crippen molar-refractivity contribution in [3.63, 3.8) is 0 Å². The quantitative estimate of drug-likeness (QED) is 0.808. The van der Waals surface area contributed by atoms with E-state index in [0.29, 0.717) is 13.0 Å². The summed E-state index contributed by atoms with van der Waals surface area (Å²) >= 11 is 0. The average Bonchev–Trinajstić information content (AvgIpc) is 2.34. The Kier molecular flexibility index (Phi) is 5.00. The van der Waals surface area contributed by atoms with E-state index < -0.39 is 5.92 Å². The third-order valence-corrected chi connectivity index (χ3v) is 2.21. The van der Waals surface area contributed by atoms with Gasteiger partial charge in [-0.25, -0.2) is 0 Å². The van der Waals surface area contributed by atoms with Gasteiger partial charge in [0, 0.05) is 18.9 Å². The molecule has 16 heavy (non-hydrogen) atoms. The monoisotopic (exact) mass is 217 g/mol. The van der Waals surface area contributed by atoms with E-state index in [1.165, 1.54) is 0 Å². The zero-order chi connectivity index (χ0) is 11.8. The van der Waals surface area contributed by atoms with Crippen LogP contribution in [0.1, 0.15) is 18.9 Å². The molecule has 1 N–H and O–H groups in total. The third-order valence-electron chi connectivity index (χ3n) is 2.21. The van der Waals surface area contributed by atoms with Crippen LogP contribution in [0.25, 0.3) is 0 Å². The highest BCUT2D eigenvalue weighted by Crippen LogP contribution is 2.07. The van der Waals surface area contributed by atoms with Gasteiger partial charge in [0.05, 0.1) is 6.07 Å². The summed E-state index contributed by atoms with van der Waals surface area (Å²) in [4.78, 5) is 15.5. The van der Waals surface area contributed by atoms with E-state index in [1.807, 2.05) is 25.1 Å². The maximum atomic E-state index is 11.6. The Balaban J connectivity index is 2.56. The molecule has 1 heterocycles. The number of aromatic nitrogens is 1. The highest BCUT2D eigenvalue weighted by atomic mass is 16.1. The van der Waals surface area contributed by atoms with Gasteiger partial charge in [0.25, 0.3) is 0 Å². The van der Waals surface area contributed by atoms with Crippen molar-refractivity contribution in [1.82, 2.24) is 10.3 Å². The molecule has 0 aromatic carbocycles. The minimum atomic E-state index is -0.617. The van der Waals surface area contributed by atoms with E-state index in [4.69, 9.17) is 5.26 Å². The molecule has 1 aromatic rings. The molecule has 1 aromatic heterocycles. The standard InChI is InChI=1S/C12H15N3O/c1-2-5-15-12(16)11(9-13)8-10-3-6-14-7-4-10/h3-4,6-7,11H,2,5,8H2,1H3,(H,15,16). The summed E-state index contributed by atoms with van der Waals surface area (Å²) in [6.07, 6.45) is 4.63. The average molecular weight is 217 g/mol. The number of pyridine rings is 1. The van der Waals surface area contributed by atoms with Gasteiger partial charge in [-0.3, -0.25) is 9.78 Å². The molecule has 1 unspecified atom stereocenters. The van der Waals surface area contributed by atoms with Gasteiger partial charge in [-0.2, -0.15) is 5.26 Å². The fraction of sp³-hybridized carbons (Fsp3) is 0.417. The van der Waals surface area contributed by atoms with Gasteiger partial charge in [-0.15, -0.1) is 0 Å². The molecule has 0 spiro atoms. The SMILES string of the molecule is CCCNC(=O)C(C#N)Cc1ccncc1. The number of rotatable bonds is 5. The van der Waals surface area contributed by atoms with Crippen LogP contribution in [0, 0.1) is 17.2 Å². The number of carbonyl (C=O) groups excluding carboxylic acids is 1. The fourth-order valence-electron chi connectivity index (χ4n) is 1.32. The Morgan fingerprint density at radius 3 is 2.81 bits per heavy atom. The first kappa shape index (κ1) is 12.2. The van der Waals surface area contributed by atoms with Gasteiger partial charge >= 0.3 is 0 Å². The molecule has 1 rings (SSSR count). The lowest BCUT2D eigenvalue weighted by molar-refractivity contribution is -0.123. The van der Waals surface area contributed by atoms with E-state index in [9.17, 15) is 4.79 Å². The van der Waals surface area contributed by atoms with Crippen molar-refractivity contribution in [3.05, 3.63) is 30.1 Å². The fourth-order valence-corrected chi connectivity index (χ4v) is 1.32. The topological polar surface area (TPSA) is 65.8 Å². The second-order valence-electron chi connectivity index (χ2n) is 3.53. The van der Waals surface area contributed by atoms with Crippen molar-refractivity contribution in [1.29, 1.82) is 5.26 Å². The molecule has 0 aliphatic heterocycles. The molecule has 0 bridgehead atoms. The number of nitrogens with zero attached hydrogens (tertiary/aromatic N) is 2. The summed E-state index contributed by atoms with van der Waals surface area (Å²) in [5, 5.41) is 11.7. The van der Waals surface area contributed by atoms with Crippen LogP contribution in [0.3, 0.4) is 0 Å². The van der Waals surface area contributed by atoms with Crippen LogP contribution in [0.4, 0.5) is 0 Å². The van der Waals surface area contributed by atoms with Crippen molar-refractivity contribution in [2.24, 2.45) is 5.92 Å². The molecule has 0 aliphatic carbocycles.